The molecular weight excluding hydrogens is 257 g/mol. The van der Waals surface area contributed by atoms with Gasteiger partial charge in [-0.25, -0.2) is 0 Å². The van der Waals surface area contributed by atoms with E-state index in [1.54, 1.807) is 0 Å². The van der Waals surface area contributed by atoms with Gasteiger partial charge in [0.1, 0.15) is 0 Å². The molecule has 0 spiro atoms. The van der Waals surface area contributed by atoms with Crippen molar-refractivity contribution < 1.29 is 4.74 Å². The highest BCUT2D eigenvalue weighted by Gasteiger charge is 2.01. The number of aromatic nitrogens is 3. The molecule has 0 saturated carbocycles. The van der Waals surface area contributed by atoms with Crippen molar-refractivity contribution in [3.8, 4) is 6.01 Å². The van der Waals surface area contributed by atoms with Gasteiger partial charge in [-0.3, -0.25) is 5.10 Å². The summed E-state index contributed by atoms with van der Waals surface area (Å²) in [6.07, 6.45) is 0. The lowest BCUT2D eigenvalue weighted by molar-refractivity contribution is 0.252. The van der Waals surface area contributed by atoms with Gasteiger partial charge in [-0.1, -0.05) is 13.8 Å². The highest BCUT2D eigenvalue weighted by molar-refractivity contribution is 14.1. The summed E-state index contributed by atoms with van der Waals surface area (Å²) in [6.45, 7) is 4.82. The molecule has 0 unspecified atom stereocenters. The molecule has 0 radical (unpaired) electrons. The van der Waals surface area contributed by atoms with Crippen molar-refractivity contribution in [2.75, 3.05) is 6.61 Å². The second kappa shape index (κ2) is 3.89. The summed E-state index contributed by atoms with van der Waals surface area (Å²) >= 11 is 2.05. The Hall–Kier alpha value is -0.330. The van der Waals surface area contributed by atoms with E-state index >= 15 is 0 Å². The Morgan fingerprint density at radius 2 is 2.36 bits per heavy atom. The molecule has 0 aliphatic heterocycles. The second-order valence-electron chi connectivity index (χ2n) is 2.61. The zero-order chi connectivity index (χ0) is 8.27. The predicted octanol–water partition coefficient (Wildman–Crippen LogP) is 1.44. The van der Waals surface area contributed by atoms with Gasteiger partial charge in [0.15, 0.2) is 3.83 Å². The van der Waals surface area contributed by atoms with E-state index in [0.717, 1.165) is 3.83 Å². The molecular formula is C6H10IN3O. The van der Waals surface area contributed by atoms with Crippen LogP contribution in [0.25, 0.3) is 0 Å². The number of H-pyrrole nitrogens is 1. The molecule has 1 aromatic heterocycles. The Labute approximate surface area is 78.9 Å². The van der Waals surface area contributed by atoms with E-state index in [-0.39, 0.29) is 0 Å². The highest BCUT2D eigenvalue weighted by atomic mass is 127. The minimum Gasteiger partial charge on any atom is -0.462 e. The van der Waals surface area contributed by atoms with Gasteiger partial charge in [0.05, 0.1) is 6.61 Å². The first kappa shape index (κ1) is 8.76. The molecule has 0 amide bonds. The number of rotatable bonds is 3. The Morgan fingerprint density at radius 3 is 2.82 bits per heavy atom. The summed E-state index contributed by atoms with van der Waals surface area (Å²) in [6, 6.07) is 0.433. The monoisotopic (exact) mass is 267 g/mol. The molecule has 0 atom stereocenters. The van der Waals surface area contributed by atoms with Crippen molar-refractivity contribution in [2.24, 2.45) is 5.92 Å². The number of hydrogen-bond donors (Lipinski definition) is 1. The number of halogens is 1. The van der Waals surface area contributed by atoms with Crippen molar-refractivity contribution in [3.05, 3.63) is 3.83 Å². The number of aromatic amines is 1. The first-order chi connectivity index (χ1) is 5.18. The van der Waals surface area contributed by atoms with Gasteiger partial charge in [0.2, 0.25) is 0 Å². The van der Waals surface area contributed by atoms with Crippen LogP contribution < -0.4 is 4.74 Å². The standard InChI is InChI=1S/C6H10IN3O/c1-4(2)3-11-6-8-5(7)9-10-6/h4H,3H2,1-2H3,(H,8,9,10). The molecule has 0 aliphatic carbocycles. The molecule has 0 fully saturated rings. The van der Waals surface area contributed by atoms with E-state index in [0.29, 0.717) is 18.5 Å². The van der Waals surface area contributed by atoms with Crippen LogP contribution >= 0.6 is 22.6 Å². The number of ether oxygens (including phenoxy) is 1. The lowest BCUT2D eigenvalue weighted by Crippen LogP contribution is -2.05. The van der Waals surface area contributed by atoms with Crippen LogP contribution in [0.4, 0.5) is 0 Å². The van der Waals surface area contributed by atoms with Crippen LogP contribution in [0.1, 0.15) is 13.8 Å². The Morgan fingerprint density at radius 1 is 1.64 bits per heavy atom. The minimum absolute atomic E-state index is 0.433. The van der Waals surface area contributed by atoms with Crippen LogP contribution in [0, 0.1) is 9.75 Å². The molecule has 62 valence electrons. The number of nitrogens with zero attached hydrogens (tertiary/aromatic N) is 2. The smallest absolute Gasteiger partial charge is 0.336 e. The summed E-state index contributed by atoms with van der Waals surface area (Å²) in [5.41, 5.74) is 0. The Balaban J connectivity index is 2.39. The SMILES string of the molecule is CC(C)COc1n[nH]c(I)n1. The predicted molar refractivity (Wildman–Crippen MR) is 49.4 cm³/mol. The van der Waals surface area contributed by atoms with E-state index in [4.69, 9.17) is 4.74 Å². The van der Waals surface area contributed by atoms with Crippen LogP contribution in [0.5, 0.6) is 6.01 Å². The van der Waals surface area contributed by atoms with Gasteiger partial charge in [-0.05, 0) is 5.92 Å². The normalized spacial score (nSPS) is 10.5. The maximum Gasteiger partial charge on any atom is 0.336 e. The quantitative estimate of drug-likeness (QED) is 0.843. The van der Waals surface area contributed by atoms with Gasteiger partial charge >= 0.3 is 6.01 Å². The molecule has 5 heteroatoms. The zero-order valence-electron chi connectivity index (χ0n) is 6.47. The summed E-state index contributed by atoms with van der Waals surface area (Å²) in [4.78, 5) is 3.98. The number of nitrogens with one attached hydrogen (secondary N) is 1. The molecule has 1 rings (SSSR count). The van der Waals surface area contributed by atoms with E-state index in [1.165, 1.54) is 0 Å². The average Bonchev–Trinajstić information content (AvgIpc) is 2.31. The molecule has 1 aromatic rings. The third-order valence-corrected chi connectivity index (χ3v) is 1.47. The summed E-state index contributed by atoms with van der Waals surface area (Å²) in [5, 5.41) is 6.51. The average molecular weight is 267 g/mol. The van der Waals surface area contributed by atoms with Crippen molar-refractivity contribution in [1.82, 2.24) is 15.2 Å². The molecule has 11 heavy (non-hydrogen) atoms. The first-order valence-electron chi connectivity index (χ1n) is 3.39. The highest BCUT2D eigenvalue weighted by Crippen LogP contribution is 2.04. The largest absolute Gasteiger partial charge is 0.462 e. The molecule has 0 saturated heterocycles. The third-order valence-electron chi connectivity index (χ3n) is 0.983. The van der Waals surface area contributed by atoms with Crippen molar-refractivity contribution >= 4 is 22.6 Å². The van der Waals surface area contributed by atoms with Gasteiger partial charge in [-0.2, -0.15) is 4.98 Å². The Bertz CT molecular complexity index is 223. The molecule has 0 aromatic carbocycles. The van der Waals surface area contributed by atoms with Gasteiger partial charge < -0.3 is 4.74 Å². The fraction of sp³-hybridized carbons (Fsp3) is 0.667. The maximum atomic E-state index is 5.23. The fourth-order valence-corrected chi connectivity index (χ4v) is 0.861. The van der Waals surface area contributed by atoms with Crippen LogP contribution in [-0.4, -0.2) is 21.8 Å². The van der Waals surface area contributed by atoms with Crippen LogP contribution in [0.2, 0.25) is 0 Å². The third kappa shape index (κ3) is 3.04. The minimum atomic E-state index is 0.433. The molecule has 1 heterocycles. The van der Waals surface area contributed by atoms with Crippen LogP contribution in [0.3, 0.4) is 0 Å². The lowest BCUT2D eigenvalue weighted by Gasteiger charge is -2.02. The van der Waals surface area contributed by atoms with Crippen molar-refractivity contribution in [3.63, 3.8) is 0 Å². The summed E-state index contributed by atoms with van der Waals surface area (Å²) in [7, 11) is 0. The van der Waals surface area contributed by atoms with Gasteiger partial charge in [-0.15, -0.1) is 5.10 Å². The first-order valence-corrected chi connectivity index (χ1v) is 4.47. The topological polar surface area (TPSA) is 50.8 Å². The summed E-state index contributed by atoms with van der Waals surface area (Å²) < 4.78 is 5.98. The van der Waals surface area contributed by atoms with Gasteiger partial charge in [0, 0.05) is 22.6 Å². The lowest BCUT2D eigenvalue weighted by atomic mass is 10.2. The second-order valence-corrected chi connectivity index (χ2v) is 3.64. The molecule has 0 aliphatic rings. The van der Waals surface area contributed by atoms with E-state index < -0.39 is 0 Å². The fourth-order valence-electron chi connectivity index (χ4n) is 0.534. The van der Waals surface area contributed by atoms with Crippen LogP contribution in [-0.2, 0) is 0 Å². The van der Waals surface area contributed by atoms with Crippen LogP contribution in [0.15, 0.2) is 0 Å². The maximum absolute atomic E-state index is 5.23. The van der Waals surface area contributed by atoms with E-state index in [9.17, 15) is 0 Å². The van der Waals surface area contributed by atoms with Crippen molar-refractivity contribution in [2.45, 2.75) is 13.8 Å². The molecule has 1 N–H and O–H groups in total. The molecule has 4 nitrogen and oxygen atoms in total. The van der Waals surface area contributed by atoms with E-state index in [1.807, 2.05) is 22.6 Å². The zero-order valence-corrected chi connectivity index (χ0v) is 8.62. The van der Waals surface area contributed by atoms with Crippen molar-refractivity contribution in [1.29, 1.82) is 0 Å². The summed E-state index contributed by atoms with van der Waals surface area (Å²) in [5.74, 6) is 0.506. The van der Waals surface area contributed by atoms with Gasteiger partial charge in [0.25, 0.3) is 0 Å². The van der Waals surface area contributed by atoms with E-state index in [2.05, 4.69) is 29.0 Å². The number of hydrogen-bond acceptors (Lipinski definition) is 3. The Kier molecular flexibility index (Phi) is 3.10. The molecule has 0 bridgehead atoms.